The Morgan fingerprint density at radius 2 is 1.95 bits per heavy atom. The lowest BCUT2D eigenvalue weighted by atomic mass is 10.1. The highest BCUT2D eigenvalue weighted by molar-refractivity contribution is 7.99. The predicted octanol–water partition coefficient (Wildman–Crippen LogP) is 3.48. The first kappa shape index (κ1) is 18.8. The molecule has 0 bridgehead atoms. The molecule has 0 aliphatic rings. The molecule has 1 rings (SSSR count). The van der Waals surface area contributed by atoms with Gasteiger partial charge in [0, 0.05) is 35.2 Å². The van der Waals surface area contributed by atoms with Crippen LogP contribution < -0.4 is 0 Å². The molecule has 1 unspecified atom stereocenters. The number of nitrogens with zero attached hydrogens (tertiary/aromatic N) is 1. The van der Waals surface area contributed by atoms with E-state index in [4.69, 9.17) is 16.3 Å². The molecule has 0 fully saturated rings. The molecular weight excluding hydrogens is 322 g/mol. The van der Waals surface area contributed by atoms with Gasteiger partial charge in [0.1, 0.15) is 0 Å². The maximum absolute atomic E-state index is 12.2. The Hall–Kier alpha value is -1.20. The lowest BCUT2D eigenvalue weighted by molar-refractivity contribution is -0.146. The molecule has 0 spiro atoms. The molecule has 1 atom stereocenters. The summed E-state index contributed by atoms with van der Waals surface area (Å²) in [4.78, 5) is 26.4. The van der Waals surface area contributed by atoms with Gasteiger partial charge in [-0.05, 0) is 31.2 Å². The highest BCUT2D eigenvalue weighted by Gasteiger charge is 2.20. The second-order valence-electron chi connectivity index (χ2n) is 4.91. The van der Waals surface area contributed by atoms with Crippen molar-refractivity contribution < 1.29 is 14.3 Å². The van der Waals surface area contributed by atoms with Gasteiger partial charge < -0.3 is 9.64 Å². The normalized spacial score (nSPS) is 11.8. The van der Waals surface area contributed by atoms with Gasteiger partial charge in [0.05, 0.1) is 13.0 Å². The van der Waals surface area contributed by atoms with E-state index in [0.717, 1.165) is 4.90 Å². The number of amides is 1. The molecule has 122 valence electrons. The monoisotopic (exact) mass is 343 g/mol. The zero-order valence-corrected chi connectivity index (χ0v) is 14.7. The van der Waals surface area contributed by atoms with Gasteiger partial charge in [0.25, 0.3) is 0 Å². The van der Waals surface area contributed by atoms with Crippen molar-refractivity contribution in [2.24, 2.45) is 5.92 Å². The van der Waals surface area contributed by atoms with Crippen molar-refractivity contribution in [2.45, 2.75) is 25.2 Å². The molecule has 0 saturated carbocycles. The summed E-state index contributed by atoms with van der Waals surface area (Å²) >= 11 is 7.45. The van der Waals surface area contributed by atoms with Crippen LogP contribution in [0.1, 0.15) is 20.3 Å². The van der Waals surface area contributed by atoms with Crippen molar-refractivity contribution in [3.05, 3.63) is 29.3 Å². The molecule has 1 amide bonds. The zero-order chi connectivity index (χ0) is 16.5. The number of thioether (sulfide) groups is 1. The van der Waals surface area contributed by atoms with Gasteiger partial charge in [0.2, 0.25) is 5.91 Å². The van der Waals surface area contributed by atoms with Crippen LogP contribution in [0, 0.1) is 5.92 Å². The summed E-state index contributed by atoms with van der Waals surface area (Å²) in [6.45, 7) is 4.66. The molecule has 0 aromatic heterocycles. The van der Waals surface area contributed by atoms with Crippen LogP contribution >= 0.6 is 23.4 Å². The van der Waals surface area contributed by atoms with E-state index in [9.17, 15) is 9.59 Å². The highest BCUT2D eigenvalue weighted by Crippen LogP contribution is 2.21. The summed E-state index contributed by atoms with van der Waals surface area (Å²) in [7, 11) is 1.36. The van der Waals surface area contributed by atoms with Gasteiger partial charge in [-0.15, -0.1) is 11.8 Å². The van der Waals surface area contributed by atoms with E-state index in [2.05, 4.69) is 0 Å². The first-order valence-electron chi connectivity index (χ1n) is 7.21. The van der Waals surface area contributed by atoms with Crippen LogP contribution in [0.5, 0.6) is 0 Å². The third kappa shape index (κ3) is 6.28. The fourth-order valence-electron chi connectivity index (χ4n) is 1.96. The second kappa shape index (κ2) is 9.74. The van der Waals surface area contributed by atoms with Gasteiger partial charge in [-0.25, -0.2) is 0 Å². The smallest absolute Gasteiger partial charge is 0.310 e. The molecule has 0 radical (unpaired) electrons. The van der Waals surface area contributed by atoms with Crippen LogP contribution in [-0.2, 0) is 14.3 Å². The van der Waals surface area contributed by atoms with Crippen LogP contribution in [0.3, 0.4) is 0 Å². The average Bonchev–Trinajstić information content (AvgIpc) is 2.53. The number of esters is 1. The molecule has 0 heterocycles. The summed E-state index contributed by atoms with van der Waals surface area (Å²) in [5, 5.41) is 0.703. The minimum Gasteiger partial charge on any atom is -0.469 e. The third-order valence-electron chi connectivity index (χ3n) is 3.23. The number of carbonyl (C=O) groups is 2. The number of hydrogen-bond acceptors (Lipinski definition) is 4. The van der Waals surface area contributed by atoms with Gasteiger partial charge in [-0.1, -0.05) is 18.5 Å². The lowest BCUT2D eigenvalue weighted by Crippen LogP contribution is -2.37. The van der Waals surface area contributed by atoms with Crippen molar-refractivity contribution in [2.75, 3.05) is 26.0 Å². The van der Waals surface area contributed by atoms with Crippen molar-refractivity contribution in [1.29, 1.82) is 0 Å². The summed E-state index contributed by atoms with van der Waals surface area (Å²) in [6, 6.07) is 7.55. The average molecular weight is 344 g/mol. The molecule has 0 N–H and O–H groups in total. The fourth-order valence-corrected chi connectivity index (χ4v) is 2.93. The molecule has 6 heteroatoms. The van der Waals surface area contributed by atoms with Crippen LogP contribution in [0.25, 0.3) is 0 Å². The highest BCUT2D eigenvalue weighted by atomic mass is 35.5. The van der Waals surface area contributed by atoms with E-state index in [0.29, 0.717) is 30.3 Å². The van der Waals surface area contributed by atoms with Crippen LogP contribution in [0.2, 0.25) is 5.02 Å². The first-order chi connectivity index (χ1) is 10.5. The van der Waals surface area contributed by atoms with Crippen molar-refractivity contribution in [3.63, 3.8) is 0 Å². The minimum atomic E-state index is -0.308. The van der Waals surface area contributed by atoms with Gasteiger partial charge >= 0.3 is 5.97 Å². The van der Waals surface area contributed by atoms with E-state index in [1.165, 1.54) is 7.11 Å². The molecule has 0 aliphatic heterocycles. The summed E-state index contributed by atoms with van der Waals surface area (Å²) in [5.74, 6) is 0.156. The summed E-state index contributed by atoms with van der Waals surface area (Å²) < 4.78 is 4.69. The Bertz CT molecular complexity index is 493. The number of hydrogen-bond donors (Lipinski definition) is 0. The van der Waals surface area contributed by atoms with E-state index in [-0.39, 0.29) is 17.8 Å². The maximum atomic E-state index is 12.2. The van der Waals surface area contributed by atoms with Crippen molar-refractivity contribution in [1.82, 2.24) is 4.90 Å². The first-order valence-corrected chi connectivity index (χ1v) is 8.58. The van der Waals surface area contributed by atoms with Gasteiger partial charge in [-0.2, -0.15) is 0 Å². The Kier molecular flexibility index (Phi) is 8.35. The number of ether oxygens (including phenoxy) is 1. The topological polar surface area (TPSA) is 46.6 Å². The second-order valence-corrected chi connectivity index (χ2v) is 6.51. The van der Waals surface area contributed by atoms with Crippen LogP contribution in [0.4, 0.5) is 0 Å². The number of rotatable bonds is 8. The van der Waals surface area contributed by atoms with E-state index < -0.39 is 0 Å². The number of benzene rings is 1. The SMILES string of the molecule is CCN(CC(C)C(=O)OC)C(=O)CCSc1ccc(Cl)cc1. The number of halogens is 1. The minimum absolute atomic E-state index is 0.0553. The lowest BCUT2D eigenvalue weighted by Gasteiger charge is -2.23. The van der Waals surface area contributed by atoms with E-state index in [1.54, 1.807) is 23.6 Å². The largest absolute Gasteiger partial charge is 0.469 e. The van der Waals surface area contributed by atoms with Crippen molar-refractivity contribution in [3.8, 4) is 0 Å². The molecule has 1 aromatic carbocycles. The zero-order valence-electron chi connectivity index (χ0n) is 13.2. The molecule has 0 aliphatic carbocycles. The van der Waals surface area contributed by atoms with Crippen molar-refractivity contribution >= 4 is 35.2 Å². The van der Waals surface area contributed by atoms with Crippen LogP contribution in [-0.4, -0.2) is 42.7 Å². The number of carbonyl (C=O) groups excluding carboxylic acids is 2. The molecule has 4 nitrogen and oxygen atoms in total. The Labute approximate surface area is 141 Å². The third-order valence-corrected chi connectivity index (χ3v) is 4.50. The summed E-state index contributed by atoms with van der Waals surface area (Å²) in [5.41, 5.74) is 0. The molecule has 22 heavy (non-hydrogen) atoms. The molecule has 1 aromatic rings. The van der Waals surface area contributed by atoms with Gasteiger partial charge in [0.15, 0.2) is 0 Å². The van der Waals surface area contributed by atoms with E-state index in [1.807, 2.05) is 31.2 Å². The predicted molar refractivity (Wildman–Crippen MR) is 90.2 cm³/mol. The van der Waals surface area contributed by atoms with E-state index >= 15 is 0 Å². The standard InChI is InChI=1S/C16H22ClNO3S/c1-4-18(11-12(2)16(20)21-3)15(19)9-10-22-14-7-5-13(17)6-8-14/h5-8,12H,4,9-11H2,1-3H3. The summed E-state index contributed by atoms with van der Waals surface area (Å²) in [6.07, 6.45) is 0.440. The molecular formula is C16H22ClNO3S. The Morgan fingerprint density at radius 3 is 2.50 bits per heavy atom. The number of methoxy groups -OCH3 is 1. The molecule has 0 saturated heterocycles. The van der Waals surface area contributed by atoms with Crippen LogP contribution in [0.15, 0.2) is 29.2 Å². The maximum Gasteiger partial charge on any atom is 0.310 e. The fraction of sp³-hybridized carbons (Fsp3) is 0.500. The Balaban J connectivity index is 2.41. The Morgan fingerprint density at radius 1 is 1.32 bits per heavy atom. The van der Waals surface area contributed by atoms with Gasteiger partial charge in [-0.3, -0.25) is 9.59 Å². The quantitative estimate of drug-likeness (QED) is 0.535.